The van der Waals surface area contributed by atoms with E-state index in [1.54, 1.807) is 7.05 Å². The molecule has 0 saturated heterocycles. The van der Waals surface area contributed by atoms with Crippen molar-refractivity contribution in [3.63, 3.8) is 0 Å². The van der Waals surface area contributed by atoms with E-state index in [-0.39, 0.29) is 17.8 Å². The molecular weight excluding hydrogens is 244 g/mol. The largest absolute Gasteiger partial charge is 0.409 e. The predicted octanol–water partition coefficient (Wildman–Crippen LogP) is 0.590. The highest BCUT2D eigenvalue weighted by Gasteiger charge is 2.13. The van der Waals surface area contributed by atoms with Crippen LogP contribution in [-0.4, -0.2) is 30.5 Å². The molecule has 0 bridgehead atoms. The predicted molar refractivity (Wildman–Crippen MR) is 73.9 cm³/mol. The minimum Gasteiger partial charge on any atom is -0.409 e. The minimum atomic E-state index is -0.0817. The number of nitrogens with two attached hydrogens (primary N) is 1. The van der Waals surface area contributed by atoms with E-state index in [9.17, 15) is 4.79 Å². The van der Waals surface area contributed by atoms with Gasteiger partial charge in [-0.3, -0.25) is 4.79 Å². The first-order valence-corrected chi connectivity index (χ1v) is 6.12. The summed E-state index contributed by atoms with van der Waals surface area (Å²) in [6, 6.07) is 9.62. The first-order valence-electron chi connectivity index (χ1n) is 6.12. The SMILES string of the molecule is CNC(=O)CCNC(CC(N)=NO)c1ccccc1. The molecule has 6 heteroatoms. The monoisotopic (exact) mass is 264 g/mol. The molecule has 19 heavy (non-hydrogen) atoms. The molecule has 104 valence electrons. The Hall–Kier alpha value is -2.08. The number of rotatable bonds is 7. The molecule has 1 unspecified atom stereocenters. The fraction of sp³-hybridized carbons (Fsp3) is 0.385. The van der Waals surface area contributed by atoms with Gasteiger partial charge in [-0.1, -0.05) is 35.5 Å². The highest BCUT2D eigenvalue weighted by atomic mass is 16.4. The van der Waals surface area contributed by atoms with Crippen LogP contribution in [0.5, 0.6) is 0 Å². The number of amides is 1. The Morgan fingerprint density at radius 1 is 1.42 bits per heavy atom. The normalized spacial score (nSPS) is 13.0. The van der Waals surface area contributed by atoms with E-state index >= 15 is 0 Å². The molecular formula is C13H20N4O2. The highest BCUT2D eigenvalue weighted by molar-refractivity contribution is 5.80. The molecule has 5 N–H and O–H groups in total. The summed E-state index contributed by atoms with van der Waals surface area (Å²) < 4.78 is 0. The molecule has 0 aliphatic rings. The zero-order valence-electron chi connectivity index (χ0n) is 11.0. The van der Waals surface area contributed by atoms with Crippen molar-refractivity contribution < 1.29 is 10.0 Å². The zero-order valence-corrected chi connectivity index (χ0v) is 11.0. The average Bonchev–Trinajstić information content (AvgIpc) is 2.46. The van der Waals surface area contributed by atoms with Crippen LogP contribution in [0.3, 0.4) is 0 Å². The van der Waals surface area contributed by atoms with E-state index in [0.29, 0.717) is 19.4 Å². The lowest BCUT2D eigenvalue weighted by atomic mass is 10.0. The topological polar surface area (TPSA) is 99.7 Å². The Bertz CT molecular complexity index is 420. The molecule has 0 radical (unpaired) electrons. The van der Waals surface area contributed by atoms with E-state index in [2.05, 4.69) is 15.8 Å². The van der Waals surface area contributed by atoms with Crippen molar-refractivity contribution in [2.45, 2.75) is 18.9 Å². The molecule has 1 atom stereocenters. The van der Waals surface area contributed by atoms with Crippen molar-refractivity contribution >= 4 is 11.7 Å². The van der Waals surface area contributed by atoms with Crippen molar-refractivity contribution in [3.05, 3.63) is 35.9 Å². The summed E-state index contributed by atoms with van der Waals surface area (Å²) in [7, 11) is 1.60. The Kier molecular flexibility index (Phi) is 6.38. The first-order chi connectivity index (χ1) is 9.17. The van der Waals surface area contributed by atoms with Crippen molar-refractivity contribution in [1.82, 2.24) is 10.6 Å². The van der Waals surface area contributed by atoms with Crippen LogP contribution in [0.1, 0.15) is 24.4 Å². The molecule has 0 aliphatic carbocycles. The van der Waals surface area contributed by atoms with Crippen LogP contribution in [0, 0.1) is 0 Å². The van der Waals surface area contributed by atoms with Gasteiger partial charge in [0, 0.05) is 32.5 Å². The molecule has 6 nitrogen and oxygen atoms in total. The maximum Gasteiger partial charge on any atom is 0.221 e. The van der Waals surface area contributed by atoms with Gasteiger partial charge in [-0.25, -0.2) is 0 Å². The Balaban J connectivity index is 2.63. The van der Waals surface area contributed by atoms with Gasteiger partial charge in [-0.05, 0) is 5.56 Å². The van der Waals surface area contributed by atoms with Gasteiger partial charge in [0.05, 0.1) is 0 Å². The lowest BCUT2D eigenvalue weighted by molar-refractivity contribution is -0.120. The Morgan fingerprint density at radius 2 is 2.11 bits per heavy atom. The van der Waals surface area contributed by atoms with Crippen LogP contribution in [0.25, 0.3) is 0 Å². The van der Waals surface area contributed by atoms with Crippen LogP contribution < -0.4 is 16.4 Å². The summed E-state index contributed by atoms with van der Waals surface area (Å²) in [5.41, 5.74) is 6.58. The molecule has 0 heterocycles. The standard InChI is InChI=1S/C13H20N4O2/c1-15-13(18)7-8-16-11(9-12(14)17-19)10-5-3-2-4-6-10/h2-6,11,16,19H,7-9H2,1H3,(H2,14,17)(H,15,18). The lowest BCUT2D eigenvalue weighted by Gasteiger charge is -2.18. The van der Waals surface area contributed by atoms with Crippen LogP contribution in [0.4, 0.5) is 0 Å². The number of carbonyl (C=O) groups is 1. The van der Waals surface area contributed by atoms with Gasteiger partial charge in [0.2, 0.25) is 5.91 Å². The number of nitrogens with zero attached hydrogens (tertiary/aromatic N) is 1. The van der Waals surface area contributed by atoms with Gasteiger partial charge < -0.3 is 21.6 Å². The number of nitrogens with one attached hydrogen (secondary N) is 2. The van der Waals surface area contributed by atoms with E-state index in [1.165, 1.54) is 0 Å². The molecule has 0 aliphatic heterocycles. The second-order valence-corrected chi connectivity index (χ2v) is 4.14. The van der Waals surface area contributed by atoms with Crippen LogP contribution in [0.15, 0.2) is 35.5 Å². The third-order valence-electron chi connectivity index (χ3n) is 2.77. The Labute approximate surface area is 112 Å². The second-order valence-electron chi connectivity index (χ2n) is 4.14. The number of hydrogen-bond donors (Lipinski definition) is 4. The molecule has 0 spiro atoms. The quantitative estimate of drug-likeness (QED) is 0.251. The van der Waals surface area contributed by atoms with Gasteiger partial charge in [0.1, 0.15) is 5.84 Å². The summed E-state index contributed by atoms with van der Waals surface area (Å²) in [5, 5.41) is 17.4. The van der Waals surface area contributed by atoms with E-state index in [4.69, 9.17) is 10.9 Å². The summed E-state index contributed by atoms with van der Waals surface area (Å²) in [6.45, 7) is 0.526. The number of hydrogen-bond acceptors (Lipinski definition) is 4. The number of carbonyl (C=O) groups excluding carboxylic acids is 1. The van der Waals surface area contributed by atoms with Crippen LogP contribution >= 0.6 is 0 Å². The second kappa shape index (κ2) is 8.10. The third-order valence-corrected chi connectivity index (χ3v) is 2.77. The van der Waals surface area contributed by atoms with E-state index < -0.39 is 0 Å². The average molecular weight is 264 g/mol. The lowest BCUT2D eigenvalue weighted by Crippen LogP contribution is -2.30. The summed E-state index contributed by atoms with van der Waals surface area (Å²) >= 11 is 0. The van der Waals surface area contributed by atoms with Gasteiger partial charge in [-0.15, -0.1) is 0 Å². The molecule has 0 fully saturated rings. The summed E-state index contributed by atoms with van der Waals surface area (Å²) in [5.74, 6) is 0.129. The molecule has 1 amide bonds. The zero-order chi connectivity index (χ0) is 14.1. The number of benzene rings is 1. The maximum atomic E-state index is 11.2. The smallest absolute Gasteiger partial charge is 0.221 e. The van der Waals surface area contributed by atoms with Gasteiger partial charge >= 0.3 is 0 Å². The fourth-order valence-corrected chi connectivity index (χ4v) is 1.73. The molecule has 1 aromatic rings. The van der Waals surface area contributed by atoms with Gasteiger partial charge in [0.15, 0.2) is 0 Å². The Morgan fingerprint density at radius 3 is 2.68 bits per heavy atom. The van der Waals surface area contributed by atoms with Crippen LogP contribution in [0.2, 0.25) is 0 Å². The third kappa shape index (κ3) is 5.39. The van der Waals surface area contributed by atoms with Crippen molar-refractivity contribution in [2.75, 3.05) is 13.6 Å². The van der Waals surface area contributed by atoms with Crippen molar-refractivity contribution in [3.8, 4) is 0 Å². The number of amidine groups is 1. The van der Waals surface area contributed by atoms with Crippen molar-refractivity contribution in [2.24, 2.45) is 10.9 Å². The van der Waals surface area contributed by atoms with Crippen molar-refractivity contribution in [1.29, 1.82) is 0 Å². The minimum absolute atomic E-state index is 0.0249. The maximum absolute atomic E-state index is 11.2. The summed E-state index contributed by atoms with van der Waals surface area (Å²) in [4.78, 5) is 11.2. The molecule has 0 aromatic heterocycles. The first kappa shape index (κ1) is 15.0. The molecule has 1 aromatic carbocycles. The van der Waals surface area contributed by atoms with E-state index in [0.717, 1.165) is 5.56 Å². The fourth-order valence-electron chi connectivity index (χ4n) is 1.73. The summed E-state index contributed by atoms with van der Waals surface area (Å²) in [6.07, 6.45) is 0.768. The van der Waals surface area contributed by atoms with Crippen LogP contribution in [-0.2, 0) is 4.79 Å². The number of oxime groups is 1. The molecule has 0 saturated carbocycles. The van der Waals surface area contributed by atoms with E-state index in [1.807, 2.05) is 30.3 Å². The van der Waals surface area contributed by atoms with Gasteiger partial charge in [0.25, 0.3) is 0 Å². The van der Waals surface area contributed by atoms with Gasteiger partial charge in [-0.2, -0.15) is 0 Å². The highest BCUT2D eigenvalue weighted by Crippen LogP contribution is 2.16. The molecule has 1 rings (SSSR count).